The third-order valence-electron chi connectivity index (χ3n) is 2.48. The summed E-state index contributed by atoms with van der Waals surface area (Å²) in [6, 6.07) is 6.94. The molecule has 0 spiro atoms. The summed E-state index contributed by atoms with van der Waals surface area (Å²) in [7, 11) is 0. The second-order valence-electron chi connectivity index (χ2n) is 3.66. The molecule has 0 amide bonds. The number of carbonyl (C=O) groups is 1. The standard InChI is InChI=1S/C13H12O4/c1-3-16-12(14)10-7-9-6-4-5-8(2)11(9)13(15)17-10/h4-7H,3H2,1-2H3. The number of aryl methyl sites for hydroxylation is 1. The molecule has 0 saturated heterocycles. The highest BCUT2D eigenvalue weighted by atomic mass is 16.5. The van der Waals surface area contributed by atoms with Crippen LogP contribution in [0.15, 0.2) is 33.5 Å². The lowest BCUT2D eigenvalue weighted by molar-refractivity contribution is 0.0485. The lowest BCUT2D eigenvalue weighted by atomic mass is 10.1. The van der Waals surface area contributed by atoms with E-state index in [1.165, 1.54) is 6.07 Å². The van der Waals surface area contributed by atoms with E-state index in [0.29, 0.717) is 10.8 Å². The topological polar surface area (TPSA) is 56.5 Å². The summed E-state index contributed by atoms with van der Waals surface area (Å²) in [4.78, 5) is 23.2. The molecule has 0 fully saturated rings. The summed E-state index contributed by atoms with van der Waals surface area (Å²) in [6.45, 7) is 3.76. The Hall–Kier alpha value is -2.10. The molecule has 0 unspecified atom stereocenters. The molecule has 4 nitrogen and oxygen atoms in total. The normalized spacial score (nSPS) is 10.5. The minimum absolute atomic E-state index is 0.0602. The first kappa shape index (κ1) is 11.4. The molecular formula is C13H12O4. The highest BCUT2D eigenvalue weighted by molar-refractivity contribution is 5.92. The molecule has 0 bridgehead atoms. The number of ether oxygens (including phenoxy) is 1. The maximum Gasteiger partial charge on any atom is 0.374 e. The monoisotopic (exact) mass is 232 g/mol. The van der Waals surface area contributed by atoms with E-state index in [4.69, 9.17) is 9.15 Å². The van der Waals surface area contributed by atoms with Crippen LogP contribution in [-0.4, -0.2) is 12.6 Å². The van der Waals surface area contributed by atoms with Gasteiger partial charge in [0.2, 0.25) is 5.76 Å². The van der Waals surface area contributed by atoms with E-state index >= 15 is 0 Å². The van der Waals surface area contributed by atoms with Crippen molar-refractivity contribution in [2.45, 2.75) is 13.8 Å². The lowest BCUT2D eigenvalue weighted by Gasteiger charge is -2.03. The van der Waals surface area contributed by atoms with E-state index in [1.807, 2.05) is 19.1 Å². The summed E-state index contributed by atoms with van der Waals surface area (Å²) in [6.07, 6.45) is 0. The van der Waals surface area contributed by atoms with Crippen LogP contribution in [0.2, 0.25) is 0 Å². The Labute approximate surface area is 97.8 Å². The van der Waals surface area contributed by atoms with Crippen molar-refractivity contribution in [2.24, 2.45) is 0 Å². The van der Waals surface area contributed by atoms with Gasteiger partial charge in [-0.3, -0.25) is 0 Å². The summed E-state index contributed by atoms with van der Waals surface area (Å²) < 4.78 is 9.75. The molecule has 0 aliphatic carbocycles. The summed E-state index contributed by atoms with van der Waals surface area (Å²) in [5.41, 5.74) is 0.315. The average Bonchev–Trinajstić information content (AvgIpc) is 2.29. The van der Waals surface area contributed by atoms with Crippen LogP contribution in [0.1, 0.15) is 23.0 Å². The fraction of sp³-hybridized carbons (Fsp3) is 0.231. The van der Waals surface area contributed by atoms with Crippen molar-refractivity contribution < 1.29 is 13.9 Å². The van der Waals surface area contributed by atoms with Crippen molar-refractivity contribution in [3.8, 4) is 0 Å². The van der Waals surface area contributed by atoms with Crippen molar-refractivity contribution >= 4 is 16.7 Å². The Bertz CT molecular complexity index is 625. The van der Waals surface area contributed by atoms with Crippen LogP contribution in [0.3, 0.4) is 0 Å². The second-order valence-corrected chi connectivity index (χ2v) is 3.66. The zero-order valence-electron chi connectivity index (χ0n) is 9.65. The first-order valence-corrected chi connectivity index (χ1v) is 5.34. The van der Waals surface area contributed by atoms with Crippen LogP contribution in [-0.2, 0) is 4.74 Å². The quantitative estimate of drug-likeness (QED) is 0.745. The SMILES string of the molecule is CCOC(=O)c1cc2cccc(C)c2c(=O)o1. The van der Waals surface area contributed by atoms with Crippen molar-refractivity contribution in [3.05, 3.63) is 46.0 Å². The number of benzene rings is 1. The number of hydrogen-bond donors (Lipinski definition) is 0. The van der Waals surface area contributed by atoms with Gasteiger partial charge >= 0.3 is 11.6 Å². The van der Waals surface area contributed by atoms with Gasteiger partial charge in [-0.05, 0) is 30.9 Å². The molecule has 0 atom stereocenters. The second kappa shape index (κ2) is 4.41. The number of esters is 1. The van der Waals surface area contributed by atoms with Gasteiger partial charge in [-0.25, -0.2) is 9.59 Å². The van der Waals surface area contributed by atoms with Crippen LogP contribution in [0, 0.1) is 6.92 Å². The molecule has 4 heteroatoms. The van der Waals surface area contributed by atoms with Crippen molar-refractivity contribution in [2.75, 3.05) is 6.61 Å². The Morgan fingerprint density at radius 3 is 2.88 bits per heavy atom. The maximum absolute atomic E-state index is 11.8. The van der Waals surface area contributed by atoms with Crippen molar-refractivity contribution in [1.82, 2.24) is 0 Å². The molecule has 2 rings (SSSR count). The van der Waals surface area contributed by atoms with Crippen molar-refractivity contribution in [1.29, 1.82) is 0 Å². The third kappa shape index (κ3) is 2.06. The van der Waals surface area contributed by atoms with Crippen LogP contribution in [0.4, 0.5) is 0 Å². The van der Waals surface area contributed by atoms with Crippen molar-refractivity contribution in [3.63, 3.8) is 0 Å². The highest BCUT2D eigenvalue weighted by Crippen LogP contribution is 2.16. The molecule has 0 aliphatic heterocycles. The minimum atomic E-state index is -0.618. The van der Waals surface area contributed by atoms with E-state index in [1.54, 1.807) is 13.0 Å². The van der Waals surface area contributed by atoms with Gasteiger partial charge in [0.15, 0.2) is 0 Å². The fourth-order valence-corrected chi connectivity index (χ4v) is 1.71. The maximum atomic E-state index is 11.8. The fourth-order valence-electron chi connectivity index (χ4n) is 1.71. The Balaban J connectivity index is 2.65. The van der Waals surface area contributed by atoms with Crippen LogP contribution < -0.4 is 5.63 Å². The molecule has 0 radical (unpaired) electrons. The number of carbonyl (C=O) groups excluding carboxylic acids is 1. The molecule has 1 heterocycles. The zero-order chi connectivity index (χ0) is 12.4. The van der Waals surface area contributed by atoms with Crippen LogP contribution >= 0.6 is 0 Å². The molecule has 0 saturated carbocycles. The molecule has 2 aromatic rings. The summed E-state index contributed by atoms with van der Waals surface area (Å²) >= 11 is 0. The molecule has 1 aromatic heterocycles. The zero-order valence-corrected chi connectivity index (χ0v) is 9.65. The van der Waals surface area contributed by atoms with E-state index in [-0.39, 0.29) is 12.4 Å². The van der Waals surface area contributed by atoms with Gasteiger partial charge in [-0.1, -0.05) is 18.2 Å². The number of rotatable bonds is 2. The van der Waals surface area contributed by atoms with Crippen LogP contribution in [0.5, 0.6) is 0 Å². The van der Waals surface area contributed by atoms with Gasteiger partial charge in [-0.15, -0.1) is 0 Å². The third-order valence-corrected chi connectivity index (χ3v) is 2.48. The molecule has 0 aliphatic rings. The Morgan fingerprint density at radius 1 is 1.41 bits per heavy atom. The van der Waals surface area contributed by atoms with Gasteiger partial charge < -0.3 is 9.15 Å². The predicted octanol–water partition coefficient (Wildman–Crippen LogP) is 2.28. The average molecular weight is 232 g/mol. The van der Waals surface area contributed by atoms with E-state index in [2.05, 4.69) is 0 Å². The molecular weight excluding hydrogens is 220 g/mol. The lowest BCUT2D eigenvalue weighted by Crippen LogP contribution is -2.10. The highest BCUT2D eigenvalue weighted by Gasteiger charge is 2.13. The van der Waals surface area contributed by atoms with Gasteiger partial charge in [0.1, 0.15) is 0 Å². The molecule has 0 N–H and O–H groups in total. The molecule has 17 heavy (non-hydrogen) atoms. The minimum Gasteiger partial charge on any atom is -0.460 e. The first-order valence-electron chi connectivity index (χ1n) is 5.34. The van der Waals surface area contributed by atoms with Gasteiger partial charge in [0.25, 0.3) is 0 Å². The van der Waals surface area contributed by atoms with Gasteiger partial charge in [0.05, 0.1) is 12.0 Å². The Morgan fingerprint density at radius 2 is 2.18 bits per heavy atom. The molecule has 88 valence electrons. The largest absolute Gasteiger partial charge is 0.460 e. The number of hydrogen-bond acceptors (Lipinski definition) is 4. The molecule has 1 aromatic carbocycles. The van der Waals surface area contributed by atoms with E-state index in [0.717, 1.165) is 5.56 Å². The van der Waals surface area contributed by atoms with Gasteiger partial charge in [-0.2, -0.15) is 0 Å². The van der Waals surface area contributed by atoms with E-state index < -0.39 is 11.6 Å². The smallest absolute Gasteiger partial charge is 0.374 e. The predicted molar refractivity (Wildman–Crippen MR) is 63.2 cm³/mol. The first-order chi connectivity index (χ1) is 8.13. The van der Waals surface area contributed by atoms with Gasteiger partial charge in [0, 0.05) is 0 Å². The van der Waals surface area contributed by atoms with Crippen LogP contribution in [0.25, 0.3) is 10.8 Å². The Kier molecular flexibility index (Phi) is 2.95. The summed E-state index contributed by atoms with van der Waals surface area (Å²) in [5, 5.41) is 1.19. The number of fused-ring (bicyclic) bond motifs is 1. The summed E-state index contributed by atoms with van der Waals surface area (Å²) in [5.74, 6) is -0.678. The van der Waals surface area contributed by atoms with E-state index in [9.17, 15) is 9.59 Å².